The van der Waals surface area contributed by atoms with Crippen LogP contribution in [-0.2, 0) is 5.41 Å². The summed E-state index contributed by atoms with van der Waals surface area (Å²) in [6, 6.07) is 81.9. The fourth-order valence-corrected chi connectivity index (χ4v) is 8.64. The molecule has 0 aliphatic heterocycles. The van der Waals surface area contributed by atoms with E-state index < -0.39 is 5.41 Å². The average Bonchev–Trinajstić information content (AvgIpc) is 3.56. The van der Waals surface area contributed by atoms with E-state index in [0.29, 0.717) is 0 Å². The van der Waals surface area contributed by atoms with Crippen molar-refractivity contribution in [2.24, 2.45) is 0 Å². The van der Waals surface area contributed by atoms with Gasteiger partial charge in [-0.05, 0) is 115 Å². The van der Waals surface area contributed by atoms with Crippen molar-refractivity contribution in [3.05, 3.63) is 247 Å². The average molecular weight is 688 g/mol. The number of anilines is 3. The lowest BCUT2D eigenvalue weighted by Crippen LogP contribution is -2.28. The Morgan fingerprint density at radius 2 is 0.685 bits per heavy atom. The second-order valence-electron chi connectivity index (χ2n) is 14.1. The third-order valence-corrected chi connectivity index (χ3v) is 11.1. The lowest BCUT2D eigenvalue weighted by Gasteiger charge is -2.34. The van der Waals surface area contributed by atoms with Crippen LogP contribution >= 0.6 is 0 Å². The van der Waals surface area contributed by atoms with Gasteiger partial charge in [-0.2, -0.15) is 0 Å². The number of benzene rings is 9. The molecule has 0 saturated carbocycles. The Balaban J connectivity index is 1.04. The first-order chi connectivity index (χ1) is 26.8. The number of hydrogen-bond acceptors (Lipinski definition) is 1. The molecule has 0 amide bonds. The normalized spacial score (nSPS) is 12.6. The molecule has 0 atom stereocenters. The fourth-order valence-electron chi connectivity index (χ4n) is 8.64. The lowest BCUT2D eigenvalue weighted by atomic mass is 9.68. The maximum absolute atomic E-state index is 2.35. The summed E-state index contributed by atoms with van der Waals surface area (Å²) in [4.78, 5) is 2.35. The van der Waals surface area contributed by atoms with E-state index in [1.165, 1.54) is 66.4 Å². The highest BCUT2D eigenvalue weighted by molar-refractivity contribution is 5.91. The highest BCUT2D eigenvalue weighted by Gasteiger charge is 2.45. The second kappa shape index (κ2) is 13.2. The smallest absolute Gasteiger partial charge is 0.0713 e. The molecular formula is C53H37N. The topological polar surface area (TPSA) is 3.24 Å². The summed E-state index contributed by atoms with van der Waals surface area (Å²) < 4.78 is 0. The van der Waals surface area contributed by atoms with Gasteiger partial charge in [-0.3, -0.25) is 0 Å². The molecule has 0 fully saturated rings. The van der Waals surface area contributed by atoms with Gasteiger partial charge >= 0.3 is 0 Å². The molecular weight excluding hydrogens is 651 g/mol. The van der Waals surface area contributed by atoms with Crippen LogP contribution in [0.3, 0.4) is 0 Å². The van der Waals surface area contributed by atoms with Crippen molar-refractivity contribution >= 4 is 27.8 Å². The van der Waals surface area contributed by atoms with Crippen molar-refractivity contribution in [1.82, 2.24) is 0 Å². The summed E-state index contributed by atoms with van der Waals surface area (Å²) in [6.45, 7) is 0. The van der Waals surface area contributed by atoms with Gasteiger partial charge in [0.25, 0.3) is 0 Å². The van der Waals surface area contributed by atoms with Crippen molar-refractivity contribution in [2.45, 2.75) is 5.41 Å². The fraction of sp³-hybridized carbons (Fsp3) is 0.0189. The molecule has 0 spiro atoms. The molecule has 0 radical (unpaired) electrons. The van der Waals surface area contributed by atoms with E-state index in [-0.39, 0.29) is 0 Å². The van der Waals surface area contributed by atoms with Crippen LogP contribution in [0.2, 0.25) is 0 Å². The molecule has 0 unspecified atom stereocenters. The number of hydrogen-bond donors (Lipinski definition) is 0. The first-order valence-corrected chi connectivity index (χ1v) is 18.7. The Morgan fingerprint density at radius 1 is 0.278 bits per heavy atom. The summed E-state index contributed by atoms with van der Waals surface area (Å²) in [5, 5.41) is 2.48. The van der Waals surface area contributed by atoms with E-state index in [1.807, 2.05) is 0 Å². The minimum atomic E-state index is -0.423. The quantitative estimate of drug-likeness (QED) is 0.161. The molecule has 254 valence electrons. The number of nitrogens with zero attached hydrogens (tertiary/aromatic N) is 1. The molecule has 9 aromatic carbocycles. The van der Waals surface area contributed by atoms with Crippen molar-refractivity contribution in [3.63, 3.8) is 0 Å². The van der Waals surface area contributed by atoms with Gasteiger partial charge in [0.15, 0.2) is 0 Å². The molecule has 9 aromatic rings. The molecule has 0 saturated heterocycles. The second-order valence-corrected chi connectivity index (χ2v) is 14.1. The molecule has 0 aromatic heterocycles. The first kappa shape index (κ1) is 31.7. The van der Waals surface area contributed by atoms with Crippen LogP contribution in [0.1, 0.15) is 22.3 Å². The third kappa shape index (κ3) is 5.25. The third-order valence-electron chi connectivity index (χ3n) is 11.1. The minimum absolute atomic E-state index is 0.423. The van der Waals surface area contributed by atoms with Gasteiger partial charge in [0.05, 0.1) is 5.41 Å². The van der Waals surface area contributed by atoms with Crippen molar-refractivity contribution in [1.29, 1.82) is 0 Å². The lowest BCUT2D eigenvalue weighted by molar-refractivity contribution is 0.768. The SMILES string of the molecule is c1ccc(-c2ccc3ccc(-c4ccc(N(c5ccccc5)c5ccc(C6(c7ccccc7)c7ccccc7-c7ccccc76)cc5)cc4)cc3c2)cc1. The largest absolute Gasteiger partial charge is 0.311 e. The van der Waals surface area contributed by atoms with Crippen LogP contribution in [0.25, 0.3) is 44.2 Å². The van der Waals surface area contributed by atoms with Crippen molar-refractivity contribution in [2.75, 3.05) is 4.90 Å². The van der Waals surface area contributed by atoms with E-state index in [9.17, 15) is 0 Å². The van der Waals surface area contributed by atoms with Crippen molar-refractivity contribution < 1.29 is 0 Å². The number of para-hydroxylation sites is 1. The summed E-state index contributed by atoms with van der Waals surface area (Å²) in [6.07, 6.45) is 0. The molecule has 0 bridgehead atoms. The van der Waals surface area contributed by atoms with Crippen molar-refractivity contribution in [3.8, 4) is 33.4 Å². The monoisotopic (exact) mass is 687 g/mol. The zero-order valence-electron chi connectivity index (χ0n) is 29.8. The van der Waals surface area contributed by atoms with Gasteiger partial charge in [0.2, 0.25) is 0 Å². The van der Waals surface area contributed by atoms with E-state index >= 15 is 0 Å². The molecule has 1 heteroatoms. The maximum atomic E-state index is 2.35. The van der Waals surface area contributed by atoms with Crippen LogP contribution in [0.15, 0.2) is 224 Å². The molecule has 1 aliphatic carbocycles. The van der Waals surface area contributed by atoms with Crippen LogP contribution < -0.4 is 4.90 Å². The van der Waals surface area contributed by atoms with Gasteiger partial charge in [0.1, 0.15) is 0 Å². The summed E-state index contributed by atoms with van der Waals surface area (Å²) in [7, 11) is 0. The summed E-state index contributed by atoms with van der Waals surface area (Å²) in [5.74, 6) is 0. The highest BCUT2D eigenvalue weighted by atomic mass is 15.1. The maximum Gasteiger partial charge on any atom is 0.0713 e. The van der Waals surface area contributed by atoms with E-state index in [2.05, 4.69) is 229 Å². The van der Waals surface area contributed by atoms with Gasteiger partial charge in [0, 0.05) is 17.1 Å². The molecule has 0 heterocycles. The standard InChI is InChI=1S/C53H37N/c1-4-14-38(15-5-1)41-26-24-40-25-27-42(37-43(40)36-41)39-28-32-47(33-29-39)54(46-18-8-3-9-19-46)48-34-30-45(31-35-48)53(44-16-6-2-7-17-44)51-22-12-10-20-49(51)50-21-11-13-23-52(50)53/h1-37H. The van der Waals surface area contributed by atoms with Crippen LogP contribution in [-0.4, -0.2) is 0 Å². The van der Waals surface area contributed by atoms with Crippen LogP contribution in [0.5, 0.6) is 0 Å². The summed E-state index contributed by atoms with van der Waals surface area (Å²) >= 11 is 0. The molecule has 10 rings (SSSR count). The predicted molar refractivity (Wildman–Crippen MR) is 227 cm³/mol. The zero-order valence-corrected chi connectivity index (χ0v) is 29.8. The number of fused-ring (bicyclic) bond motifs is 4. The molecule has 54 heavy (non-hydrogen) atoms. The van der Waals surface area contributed by atoms with Crippen LogP contribution in [0.4, 0.5) is 17.1 Å². The first-order valence-electron chi connectivity index (χ1n) is 18.7. The Bertz CT molecular complexity index is 2690. The van der Waals surface area contributed by atoms with E-state index in [1.54, 1.807) is 0 Å². The van der Waals surface area contributed by atoms with Gasteiger partial charge in [-0.15, -0.1) is 0 Å². The Kier molecular flexibility index (Phi) is 7.78. The zero-order chi connectivity index (χ0) is 35.9. The van der Waals surface area contributed by atoms with Gasteiger partial charge in [-0.25, -0.2) is 0 Å². The van der Waals surface area contributed by atoms with Gasteiger partial charge < -0.3 is 4.90 Å². The Morgan fingerprint density at radius 3 is 1.26 bits per heavy atom. The molecule has 1 aliphatic rings. The highest BCUT2D eigenvalue weighted by Crippen LogP contribution is 2.56. The summed E-state index contributed by atoms with van der Waals surface area (Å²) in [5.41, 5.74) is 15.6. The Labute approximate surface area is 317 Å². The predicted octanol–water partition coefficient (Wildman–Crippen LogP) is 14.0. The van der Waals surface area contributed by atoms with Crippen LogP contribution in [0, 0.1) is 0 Å². The molecule has 1 nitrogen and oxygen atoms in total. The van der Waals surface area contributed by atoms with Gasteiger partial charge in [-0.1, -0.05) is 176 Å². The minimum Gasteiger partial charge on any atom is -0.311 e. The van der Waals surface area contributed by atoms with E-state index in [0.717, 1.165) is 17.1 Å². The molecule has 0 N–H and O–H groups in total. The Hall–Kier alpha value is -6.96. The van der Waals surface area contributed by atoms with E-state index in [4.69, 9.17) is 0 Å². The number of rotatable bonds is 7.